The highest BCUT2D eigenvalue weighted by Crippen LogP contribution is 2.21. The van der Waals surface area contributed by atoms with E-state index in [1.54, 1.807) is 12.0 Å². The van der Waals surface area contributed by atoms with Crippen molar-refractivity contribution in [3.8, 4) is 5.69 Å². The second kappa shape index (κ2) is 6.89. The molecule has 0 saturated carbocycles. The number of hydrogen-bond donors (Lipinski definition) is 1. The van der Waals surface area contributed by atoms with Crippen LogP contribution in [0.5, 0.6) is 0 Å². The first-order chi connectivity index (χ1) is 11.2. The number of piperidine rings is 1. The Kier molecular flexibility index (Phi) is 4.68. The van der Waals surface area contributed by atoms with Gasteiger partial charge in [-0.05, 0) is 25.0 Å². The van der Waals surface area contributed by atoms with Gasteiger partial charge in [-0.25, -0.2) is 0 Å². The summed E-state index contributed by atoms with van der Waals surface area (Å²) in [4.78, 5) is 16.0. The van der Waals surface area contributed by atoms with Crippen molar-refractivity contribution in [1.29, 1.82) is 0 Å². The molecule has 0 spiro atoms. The number of para-hydroxylation sites is 1. The average Bonchev–Trinajstić information content (AvgIpc) is 3.11. The summed E-state index contributed by atoms with van der Waals surface area (Å²) >= 11 is 0. The number of carbonyl (C=O) groups is 1. The molecule has 3 rings (SSSR count). The van der Waals surface area contributed by atoms with Crippen molar-refractivity contribution >= 4 is 5.91 Å². The van der Waals surface area contributed by atoms with Crippen molar-refractivity contribution < 1.29 is 9.53 Å². The van der Waals surface area contributed by atoms with Gasteiger partial charge in [-0.1, -0.05) is 18.2 Å². The van der Waals surface area contributed by atoms with Gasteiger partial charge in [-0.15, -0.1) is 5.10 Å². The van der Waals surface area contributed by atoms with E-state index < -0.39 is 0 Å². The van der Waals surface area contributed by atoms with Crippen LogP contribution in [0.25, 0.3) is 5.69 Å². The molecule has 122 valence electrons. The third-order valence-corrected chi connectivity index (χ3v) is 4.23. The average molecular weight is 315 g/mol. The molecule has 7 heteroatoms. The van der Waals surface area contributed by atoms with Crippen LogP contribution < -0.4 is 5.73 Å². The number of ether oxygens (including phenoxy) is 1. The van der Waals surface area contributed by atoms with Crippen LogP contribution in [-0.4, -0.2) is 58.1 Å². The topological polar surface area (TPSA) is 86.3 Å². The number of methoxy groups -OCH3 is 1. The minimum Gasteiger partial charge on any atom is -0.381 e. The summed E-state index contributed by atoms with van der Waals surface area (Å²) in [6, 6.07) is 9.48. The summed E-state index contributed by atoms with van der Waals surface area (Å²) in [5.74, 6) is -0.128. The van der Waals surface area contributed by atoms with Crippen LogP contribution in [0.2, 0.25) is 0 Å². The zero-order valence-corrected chi connectivity index (χ0v) is 13.1. The fourth-order valence-corrected chi connectivity index (χ4v) is 2.91. The molecule has 2 N–H and O–H groups in total. The lowest BCUT2D eigenvalue weighted by Gasteiger charge is -2.38. The van der Waals surface area contributed by atoms with E-state index in [2.05, 4.69) is 10.2 Å². The van der Waals surface area contributed by atoms with Crippen LogP contribution in [0.15, 0.2) is 36.5 Å². The fourth-order valence-electron chi connectivity index (χ4n) is 2.91. The molecule has 23 heavy (non-hydrogen) atoms. The molecule has 2 aromatic rings. The van der Waals surface area contributed by atoms with E-state index in [1.807, 2.05) is 30.3 Å². The molecule has 1 fully saturated rings. The van der Waals surface area contributed by atoms with Crippen molar-refractivity contribution in [1.82, 2.24) is 19.9 Å². The first-order valence-corrected chi connectivity index (χ1v) is 7.74. The van der Waals surface area contributed by atoms with E-state index >= 15 is 0 Å². The lowest BCUT2D eigenvalue weighted by molar-refractivity contribution is 0.0136. The maximum Gasteiger partial charge on any atom is 0.276 e. The summed E-state index contributed by atoms with van der Waals surface area (Å²) in [5, 5.41) is 8.49. The van der Waals surface area contributed by atoms with Gasteiger partial charge < -0.3 is 15.4 Å². The van der Waals surface area contributed by atoms with E-state index in [4.69, 9.17) is 10.5 Å². The molecule has 0 aliphatic carbocycles. The predicted molar refractivity (Wildman–Crippen MR) is 85.3 cm³/mol. The van der Waals surface area contributed by atoms with Gasteiger partial charge in [0.05, 0.1) is 18.0 Å². The summed E-state index contributed by atoms with van der Waals surface area (Å²) in [5.41, 5.74) is 6.99. The van der Waals surface area contributed by atoms with Crippen LogP contribution in [0, 0.1) is 0 Å². The van der Waals surface area contributed by atoms with Gasteiger partial charge in [0.25, 0.3) is 5.91 Å². The van der Waals surface area contributed by atoms with Crippen molar-refractivity contribution in [3.63, 3.8) is 0 Å². The van der Waals surface area contributed by atoms with Gasteiger partial charge in [0.2, 0.25) is 0 Å². The molecule has 0 bridgehead atoms. The largest absolute Gasteiger partial charge is 0.381 e. The first kappa shape index (κ1) is 15.6. The second-order valence-corrected chi connectivity index (χ2v) is 5.62. The maximum absolute atomic E-state index is 12.7. The highest BCUT2D eigenvalue weighted by Gasteiger charge is 2.32. The number of benzene rings is 1. The van der Waals surface area contributed by atoms with Crippen LogP contribution in [0.4, 0.5) is 0 Å². The molecule has 2 unspecified atom stereocenters. The number of aromatic nitrogens is 3. The number of amides is 1. The zero-order chi connectivity index (χ0) is 16.2. The standard InChI is InChI=1S/C16H21N5O2/c1-23-14-7-8-20(13(9-14)10-17)16(22)15-11-18-21(19-15)12-5-3-2-4-6-12/h2-6,11,13-14H,7-10,17H2,1H3. The third-order valence-electron chi connectivity index (χ3n) is 4.23. The number of likely N-dealkylation sites (tertiary alicyclic amines) is 1. The maximum atomic E-state index is 12.7. The Morgan fingerprint density at radius 3 is 2.87 bits per heavy atom. The molecule has 1 aromatic carbocycles. The van der Waals surface area contributed by atoms with Crippen LogP contribution in [0.1, 0.15) is 23.3 Å². The van der Waals surface area contributed by atoms with Gasteiger partial charge in [-0.2, -0.15) is 9.90 Å². The fraction of sp³-hybridized carbons (Fsp3) is 0.438. The number of rotatable bonds is 4. The minimum absolute atomic E-state index is 0.0249. The monoisotopic (exact) mass is 315 g/mol. The lowest BCUT2D eigenvalue weighted by Crippen LogP contribution is -2.51. The van der Waals surface area contributed by atoms with Crippen LogP contribution >= 0.6 is 0 Å². The van der Waals surface area contributed by atoms with Gasteiger partial charge in [0, 0.05) is 26.2 Å². The Labute approximate surface area is 135 Å². The molecular weight excluding hydrogens is 294 g/mol. The Hall–Kier alpha value is -2.25. The van der Waals surface area contributed by atoms with E-state index in [9.17, 15) is 4.79 Å². The summed E-state index contributed by atoms with van der Waals surface area (Å²) < 4.78 is 5.39. The van der Waals surface area contributed by atoms with E-state index in [0.29, 0.717) is 18.8 Å². The van der Waals surface area contributed by atoms with Crippen LogP contribution in [-0.2, 0) is 4.74 Å². The normalized spacial score (nSPS) is 21.4. The number of hydrogen-bond acceptors (Lipinski definition) is 5. The zero-order valence-electron chi connectivity index (χ0n) is 13.1. The number of carbonyl (C=O) groups excluding carboxylic acids is 1. The summed E-state index contributed by atoms with van der Waals surface area (Å²) in [7, 11) is 1.70. The van der Waals surface area contributed by atoms with E-state index in [1.165, 1.54) is 11.0 Å². The minimum atomic E-state index is -0.128. The third kappa shape index (κ3) is 3.25. The molecule has 1 aliphatic heterocycles. The molecule has 1 aromatic heterocycles. The first-order valence-electron chi connectivity index (χ1n) is 7.74. The molecule has 1 aliphatic rings. The van der Waals surface area contributed by atoms with Gasteiger partial charge in [0.15, 0.2) is 5.69 Å². The van der Waals surface area contributed by atoms with Gasteiger partial charge in [-0.3, -0.25) is 4.79 Å². The molecule has 7 nitrogen and oxygen atoms in total. The number of nitrogens with zero attached hydrogens (tertiary/aromatic N) is 4. The quantitative estimate of drug-likeness (QED) is 0.904. The molecular formula is C16H21N5O2. The van der Waals surface area contributed by atoms with Gasteiger partial charge >= 0.3 is 0 Å². The Morgan fingerprint density at radius 2 is 2.17 bits per heavy atom. The molecule has 1 saturated heterocycles. The highest BCUT2D eigenvalue weighted by atomic mass is 16.5. The number of nitrogens with two attached hydrogens (primary N) is 1. The Balaban J connectivity index is 1.77. The predicted octanol–water partition coefficient (Wildman–Crippen LogP) is 0.846. The van der Waals surface area contributed by atoms with Crippen molar-refractivity contribution in [2.45, 2.75) is 25.0 Å². The summed E-state index contributed by atoms with van der Waals surface area (Å²) in [6.07, 6.45) is 3.23. The second-order valence-electron chi connectivity index (χ2n) is 5.62. The van der Waals surface area contributed by atoms with Crippen molar-refractivity contribution in [2.24, 2.45) is 5.73 Å². The van der Waals surface area contributed by atoms with E-state index in [0.717, 1.165) is 18.5 Å². The van der Waals surface area contributed by atoms with Gasteiger partial charge in [0.1, 0.15) is 0 Å². The SMILES string of the molecule is COC1CCN(C(=O)c2cnn(-c3ccccc3)n2)C(CN)C1. The molecule has 2 atom stereocenters. The van der Waals surface area contributed by atoms with E-state index in [-0.39, 0.29) is 18.1 Å². The van der Waals surface area contributed by atoms with Crippen molar-refractivity contribution in [2.75, 3.05) is 20.2 Å². The van der Waals surface area contributed by atoms with Crippen molar-refractivity contribution in [3.05, 3.63) is 42.2 Å². The highest BCUT2D eigenvalue weighted by molar-refractivity contribution is 5.92. The van der Waals surface area contributed by atoms with Crippen LogP contribution in [0.3, 0.4) is 0 Å². The molecule has 2 heterocycles. The Bertz CT molecular complexity index is 658. The smallest absolute Gasteiger partial charge is 0.276 e. The summed E-state index contributed by atoms with van der Waals surface area (Å²) in [6.45, 7) is 1.04. The molecule has 1 amide bonds. The Morgan fingerprint density at radius 1 is 1.39 bits per heavy atom. The molecule has 0 radical (unpaired) electrons. The lowest BCUT2D eigenvalue weighted by atomic mass is 9.99.